The van der Waals surface area contributed by atoms with Crippen LogP contribution in [0.2, 0.25) is 0 Å². The Hall–Kier alpha value is 0.360. The molecule has 0 aromatic carbocycles. The van der Waals surface area contributed by atoms with Gasteiger partial charge in [0.1, 0.15) is 0 Å². The molecule has 15 heavy (non-hydrogen) atoms. The van der Waals surface area contributed by atoms with Crippen molar-refractivity contribution in [2.75, 3.05) is 38.9 Å². The molecule has 3 nitrogen and oxygen atoms in total. The number of alkyl halides is 1. The fourth-order valence-corrected chi connectivity index (χ4v) is 2.93. The van der Waals surface area contributed by atoms with E-state index in [4.69, 9.17) is 14.2 Å². The van der Waals surface area contributed by atoms with Gasteiger partial charge in [0.05, 0.1) is 19.3 Å². The van der Waals surface area contributed by atoms with Gasteiger partial charge in [-0.1, -0.05) is 15.9 Å². The molecule has 90 valence electrons. The first-order chi connectivity index (χ1) is 7.25. The summed E-state index contributed by atoms with van der Waals surface area (Å²) in [4.78, 5) is 0. The highest BCUT2D eigenvalue weighted by atomic mass is 79.9. The molecule has 1 aliphatic heterocycles. The highest BCUT2D eigenvalue weighted by Gasteiger charge is 2.40. The predicted molar refractivity (Wildman–Crippen MR) is 63.6 cm³/mol. The van der Waals surface area contributed by atoms with Gasteiger partial charge in [0, 0.05) is 31.1 Å². The van der Waals surface area contributed by atoms with Crippen LogP contribution in [-0.4, -0.2) is 45.0 Å². The van der Waals surface area contributed by atoms with Crippen LogP contribution in [0.25, 0.3) is 0 Å². The lowest BCUT2D eigenvalue weighted by atomic mass is 9.81. The first kappa shape index (κ1) is 13.4. The highest BCUT2D eigenvalue weighted by Crippen LogP contribution is 2.39. The lowest BCUT2D eigenvalue weighted by molar-refractivity contribution is 0.0297. The largest absolute Gasteiger partial charge is 0.382 e. The van der Waals surface area contributed by atoms with Gasteiger partial charge >= 0.3 is 0 Å². The summed E-state index contributed by atoms with van der Waals surface area (Å²) in [5.74, 6) is 0. The van der Waals surface area contributed by atoms with Crippen LogP contribution in [0, 0.1) is 5.41 Å². The van der Waals surface area contributed by atoms with Gasteiger partial charge in [0.15, 0.2) is 0 Å². The Morgan fingerprint density at radius 3 is 2.73 bits per heavy atom. The SMILES string of the molecule is COCCOCCC1(CBr)CCOC1C. The molecule has 1 aliphatic rings. The van der Waals surface area contributed by atoms with Crippen molar-refractivity contribution in [3.05, 3.63) is 0 Å². The van der Waals surface area contributed by atoms with E-state index in [-0.39, 0.29) is 5.41 Å². The monoisotopic (exact) mass is 280 g/mol. The molecule has 0 N–H and O–H groups in total. The van der Waals surface area contributed by atoms with E-state index in [9.17, 15) is 0 Å². The zero-order chi connectivity index (χ0) is 11.1. The Morgan fingerprint density at radius 1 is 1.40 bits per heavy atom. The molecule has 1 heterocycles. The first-order valence-electron chi connectivity index (χ1n) is 5.49. The van der Waals surface area contributed by atoms with Crippen LogP contribution in [0.4, 0.5) is 0 Å². The summed E-state index contributed by atoms with van der Waals surface area (Å²) < 4.78 is 16.1. The van der Waals surface area contributed by atoms with Crippen LogP contribution in [0.15, 0.2) is 0 Å². The number of rotatable bonds is 7. The zero-order valence-corrected chi connectivity index (χ0v) is 11.2. The molecular weight excluding hydrogens is 260 g/mol. The first-order valence-corrected chi connectivity index (χ1v) is 6.61. The van der Waals surface area contributed by atoms with Gasteiger partial charge in [-0.2, -0.15) is 0 Å². The van der Waals surface area contributed by atoms with E-state index in [2.05, 4.69) is 22.9 Å². The minimum atomic E-state index is 0.271. The average molecular weight is 281 g/mol. The van der Waals surface area contributed by atoms with Crippen molar-refractivity contribution in [3.63, 3.8) is 0 Å². The topological polar surface area (TPSA) is 27.7 Å². The van der Waals surface area contributed by atoms with Gasteiger partial charge in [-0.3, -0.25) is 0 Å². The van der Waals surface area contributed by atoms with Crippen molar-refractivity contribution in [3.8, 4) is 0 Å². The van der Waals surface area contributed by atoms with E-state index in [0.717, 1.165) is 31.4 Å². The Labute approximate surface area is 101 Å². The van der Waals surface area contributed by atoms with Crippen molar-refractivity contribution < 1.29 is 14.2 Å². The van der Waals surface area contributed by atoms with E-state index in [1.54, 1.807) is 7.11 Å². The van der Waals surface area contributed by atoms with Crippen molar-refractivity contribution >= 4 is 15.9 Å². The van der Waals surface area contributed by atoms with Gasteiger partial charge in [-0.15, -0.1) is 0 Å². The molecule has 0 aromatic heterocycles. The molecule has 4 heteroatoms. The molecule has 1 saturated heterocycles. The Morgan fingerprint density at radius 2 is 2.20 bits per heavy atom. The maximum atomic E-state index is 5.63. The molecule has 2 atom stereocenters. The summed E-state index contributed by atoms with van der Waals surface area (Å²) in [6, 6.07) is 0. The third-order valence-electron chi connectivity index (χ3n) is 3.27. The maximum absolute atomic E-state index is 5.63. The van der Waals surface area contributed by atoms with Crippen LogP contribution in [-0.2, 0) is 14.2 Å². The molecule has 0 aliphatic carbocycles. The summed E-state index contributed by atoms with van der Waals surface area (Å²) in [6.45, 7) is 5.19. The van der Waals surface area contributed by atoms with Crippen molar-refractivity contribution in [2.24, 2.45) is 5.41 Å². The molecule has 0 radical (unpaired) electrons. The molecule has 0 aromatic rings. The predicted octanol–water partition coefficient (Wildman–Crippen LogP) is 2.23. The highest BCUT2D eigenvalue weighted by molar-refractivity contribution is 9.09. The molecule has 0 spiro atoms. The van der Waals surface area contributed by atoms with Crippen LogP contribution >= 0.6 is 15.9 Å². The molecule has 0 amide bonds. The lowest BCUT2D eigenvalue weighted by Crippen LogP contribution is -2.32. The molecule has 0 saturated carbocycles. The van der Waals surface area contributed by atoms with Crippen LogP contribution < -0.4 is 0 Å². The number of halogens is 1. The van der Waals surface area contributed by atoms with Crippen molar-refractivity contribution in [1.29, 1.82) is 0 Å². The van der Waals surface area contributed by atoms with E-state index in [1.807, 2.05) is 0 Å². The second kappa shape index (κ2) is 6.84. The summed E-state index contributed by atoms with van der Waals surface area (Å²) in [5.41, 5.74) is 0.271. The number of ether oxygens (including phenoxy) is 3. The molecule has 1 fully saturated rings. The van der Waals surface area contributed by atoms with Gasteiger partial charge in [0.25, 0.3) is 0 Å². The fraction of sp³-hybridized carbons (Fsp3) is 1.00. The Balaban J connectivity index is 2.22. The zero-order valence-electron chi connectivity index (χ0n) is 9.63. The van der Waals surface area contributed by atoms with Crippen molar-refractivity contribution in [2.45, 2.75) is 25.9 Å². The quantitative estimate of drug-likeness (QED) is 0.529. The third kappa shape index (κ3) is 3.70. The lowest BCUT2D eigenvalue weighted by Gasteiger charge is -2.29. The number of hydrogen-bond donors (Lipinski definition) is 0. The normalized spacial score (nSPS) is 31.0. The Kier molecular flexibility index (Phi) is 6.12. The summed E-state index contributed by atoms with van der Waals surface area (Å²) in [5, 5.41) is 0.995. The van der Waals surface area contributed by atoms with E-state index in [0.29, 0.717) is 19.3 Å². The fourth-order valence-electron chi connectivity index (χ4n) is 1.91. The van der Waals surface area contributed by atoms with Crippen LogP contribution in [0.5, 0.6) is 0 Å². The minimum Gasteiger partial charge on any atom is -0.382 e. The van der Waals surface area contributed by atoms with E-state index in [1.165, 1.54) is 0 Å². The molecule has 0 bridgehead atoms. The number of hydrogen-bond acceptors (Lipinski definition) is 3. The minimum absolute atomic E-state index is 0.271. The smallest absolute Gasteiger partial charge is 0.0700 e. The van der Waals surface area contributed by atoms with E-state index >= 15 is 0 Å². The number of methoxy groups -OCH3 is 1. The maximum Gasteiger partial charge on any atom is 0.0700 e. The standard InChI is InChI=1S/C11H21BrO3/c1-10-11(9-12,4-6-15-10)3-5-14-8-7-13-2/h10H,3-9H2,1-2H3. The van der Waals surface area contributed by atoms with Crippen LogP contribution in [0.3, 0.4) is 0 Å². The third-order valence-corrected chi connectivity index (χ3v) is 4.39. The average Bonchev–Trinajstić information content (AvgIpc) is 2.61. The van der Waals surface area contributed by atoms with Crippen molar-refractivity contribution in [1.82, 2.24) is 0 Å². The molecule has 2 unspecified atom stereocenters. The van der Waals surface area contributed by atoms with Gasteiger partial charge in [-0.05, 0) is 19.8 Å². The second-order valence-corrected chi connectivity index (χ2v) is 4.67. The van der Waals surface area contributed by atoms with E-state index < -0.39 is 0 Å². The summed E-state index contributed by atoms with van der Waals surface area (Å²) >= 11 is 3.60. The van der Waals surface area contributed by atoms with Gasteiger partial charge in [0.2, 0.25) is 0 Å². The molecular formula is C11H21BrO3. The van der Waals surface area contributed by atoms with Gasteiger partial charge in [-0.25, -0.2) is 0 Å². The Bertz CT molecular complexity index is 177. The second-order valence-electron chi connectivity index (χ2n) is 4.11. The summed E-state index contributed by atoms with van der Waals surface area (Å²) in [7, 11) is 1.69. The molecule has 1 rings (SSSR count). The van der Waals surface area contributed by atoms with Gasteiger partial charge < -0.3 is 14.2 Å². The van der Waals surface area contributed by atoms with Crippen LogP contribution in [0.1, 0.15) is 19.8 Å². The summed E-state index contributed by atoms with van der Waals surface area (Å²) in [6.07, 6.45) is 2.53.